The molecule has 0 aliphatic heterocycles. The van der Waals surface area contributed by atoms with Crippen LogP contribution in [0.1, 0.15) is 21.6 Å². The Balaban J connectivity index is 2.53. The molecule has 0 unspecified atom stereocenters. The number of aromatic nitrogens is 2. The van der Waals surface area contributed by atoms with Crippen molar-refractivity contribution in [3.63, 3.8) is 0 Å². The van der Waals surface area contributed by atoms with Crippen LogP contribution in [0.3, 0.4) is 0 Å². The van der Waals surface area contributed by atoms with Crippen molar-refractivity contribution in [2.45, 2.75) is 6.18 Å². The number of hydrogen-bond acceptors (Lipinski definition) is 2. The minimum Gasteiger partial charge on any atom is -0.287 e. The third-order valence-electron chi connectivity index (χ3n) is 2.53. The topological polar surface area (TPSA) is 34.9 Å². The maximum absolute atomic E-state index is 12.8. The normalized spacial score (nSPS) is 11.6. The fourth-order valence-electron chi connectivity index (χ4n) is 1.66. The third-order valence-corrected chi connectivity index (χ3v) is 2.53. The summed E-state index contributed by atoms with van der Waals surface area (Å²) in [7, 11) is 1.50. The van der Waals surface area contributed by atoms with Crippen LogP contribution >= 0.6 is 0 Å². The van der Waals surface area contributed by atoms with Crippen molar-refractivity contribution in [2.75, 3.05) is 0 Å². The van der Waals surface area contributed by atoms with Gasteiger partial charge in [0, 0.05) is 18.8 Å². The minimum absolute atomic E-state index is 0.117. The number of carbonyl (C=O) groups is 1. The molecule has 0 saturated carbocycles. The van der Waals surface area contributed by atoms with E-state index in [1.165, 1.54) is 36.1 Å². The molecule has 0 fully saturated rings. The van der Waals surface area contributed by atoms with E-state index < -0.39 is 17.5 Å². The average Bonchev–Trinajstić information content (AvgIpc) is 2.73. The van der Waals surface area contributed by atoms with Crippen LogP contribution in [-0.2, 0) is 13.2 Å². The van der Waals surface area contributed by atoms with Crippen LogP contribution in [-0.4, -0.2) is 15.6 Å². The van der Waals surface area contributed by atoms with Crippen LogP contribution < -0.4 is 0 Å². The van der Waals surface area contributed by atoms with Gasteiger partial charge in [-0.25, -0.2) is 0 Å². The summed E-state index contributed by atoms with van der Waals surface area (Å²) in [6.07, 6.45) is -3.19. The van der Waals surface area contributed by atoms with Gasteiger partial charge in [0.25, 0.3) is 0 Å². The van der Waals surface area contributed by atoms with Crippen molar-refractivity contribution in [1.82, 2.24) is 9.78 Å². The van der Waals surface area contributed by atoms with E-state index in [1.807, 2.05) is 0 Å². The minimum atomic E-state index is -4.55. The molecule has 0 aliphatic carbocycles. The summed E-state index contributed by atoms with van der Waals surface area (Å²) >= 11 is 0. The van der Waals surface area contributed by atoms with E-state index in [4.69, 9.17) is 0 Å². The number of benzene rings is 1. The van der Waals surface area contributed by atoms with Gasteiger partial charge in [0.15, 0.2) is 0 Å². The van der Waals surface area contributed by atoms with Gasteiger partial charge >= 0.3 is 6.18 Å². The van der Waals surface area contributed by atoms with E-state index in [1.54, 1.807) is 0 Å². The van der Waals surface area contributed by atoms with Crippen LogP contribution in [0.5, 0.6) is 0 Å². The highest BCUT2D eigenvalue weighted by Gasteiger charge is 2.35. The zero-order valence-corrected chi connectivity index (χ0v) is 9.40. The second-order valence-electron chi connectivity index (χ2n) is 3.71. The van der Waals surface area contributed by atoms with Crippen molar-refractivity contribution in [3.8, 4) is 0 Å². The highest BCUT2D eigenvalue weighted by Crippen LogP contribution is 2.32. The highest BCUT2D eigenvalue weighted by molar-refractivity contribution is 6.08. The van der Waals surface area contributed by atoms with Crippen molar-refractivity contribution in [2.24, 2.45) is 7.05 Å². The molecule has 2 aromatic rings. The number of ketones is 1. The quantitative estimate of drug-likeness (QED) is 0.772. The first-order chi connectivity index (χ1) is 8.41. The molecular formula is C12H9F3N2O. The largest absolute Gasteiger partial charge is 0.417 e. The van der Waals surface area contributed by atoms with Gasteiger partial charge < -0.3 is 0 Å². The Hall–Kier alpha value is -2.11. The van der Waals surface area contributed by atoms with Crippen LogP contribution in [0.4, 0.5) is 13.2 Å². The summed E-state index contributed by atoms with van der Waals surface area (Å²) in [5.74, 6) is -0.692. The SMILES string of the molecule is Cn1nccc1C(=O)c1ccccc1C(F)(F)F. The molecule has 1 aromatic heterocycles. The zero-order chi connectivity index (χ0) is 13.3. The molecule has 94 valence electrons. The Labute approximate surface area is 101 Å². The first kappa shape index (κ1) is 12.3. The van der Waals surface area contributed by atoms with Crippen LogP contribution in [0.25, 0.3) is 0 Å². The first-order valence-corrected chi connectivity index (χ1v) is 5.10. The molecule has 0 aliphatic rings. The lowest BCUT2D eigenvalue weighted by atomic mass is 10.0. The van der Waals surface area contributed by atoms with Crippen molar-refractivity contribution >= 4 is 5.78 Å². The number of halogens is 3. The summed E-state index contributed by atoms with van der Waals surface area (Å²) in [6, 6.07) is 6.10. The number of hydrogen-bond donors (Lipinski definition) is 0. The summed E-state index contributed by atoms with van der Waals surface area (Å²) in [6.45, 7) is 0. The lowest BCUT2D eigenvalue weighted by Gasteiger charge is -2.11. The van der Waals surface area contributed by atoms with Gasteiger partial charge in [-0.15, -0.1) is 0 Å². The van der Waals surface area contributed by atoms with Crippen LogP contribution in [0.2, 0.25) is 0 Å². The molecule has 0 bridgehead atoms. The van der Waals surface area contributed by atoms with Crippen molar-refractivity contribution in [3.05, 3.63) is 53.3 Å². The summed E-state index contributed by atoms with van der Waals surface area (Å²) < 4.78 is 39.6. The second kappa shape index (κ2) is 4.29. The van der Waals surface area contributed by atoms with E-state index in [0.717, 1.165) is 12.1 Å². The number of rotatable bonds is 2. The van der Waals surface area contributed by atoms with Gasteiger partial charge in [-0.1, -0.05) is 18.2 Å². The van der Waals surface area contributed by atoms with Crippen molar-refractivity contribution in [1.29, 1.82) is 0 Å². The van der Waals surface area contributed by atoms with E-state index in [-0.39, 0.29) is 11.3 Å². The van der Waals surface area contributed by atoms with Gasteiger partial charge in [0.2, 0.25) is 5.78 Å². The van der Waals surface area contributed by atoms with E-state index >= 15 is 0 Å². The van der Waals surface area contributed by atoms with Gasteiger partial charge in [0.05, 0.1) is 5.56 Å². The Kier molecular flexibility index (Phi) is 2.94. The van der Waals surface area contributed by atoms with Gasteiger partial charge in [-0.05, 0) is 12.1 Å². The molecule has 18 heavy (non-hydrogen) atoms. The van der Waals surface area contributed by atoms with Gasteiger partial charge in [-0.2, -0.15) is 18.3 Å². The van der Waals surface area contributed by atoms with Gasteiger partial charge in [0.1, 0.15) is 5.69 Å². The molecule has 0 radical (unpaired) electrons. The summed E-state index contributed by atoms with van der Waals surface area (Å²) in [5, 5.41) is 3.77. The molecule has 0 atom stereocenters. The Morgan fingerprint density at radius 3 is 2.44 bits per heavy atom. The van der Waals surface area contributed by atoms with E-state index in [9.17, 15) is 18.0 Å². The first-order valence-electron chi connectivity index (χ1n) is 5.10. The number of aryl methyl sites for hydroxylation is 1. The molecule has 2 rings (SSSR count). The fraction of sp³-hybridized carbons (Fsp3) is 0.167. The monoisotopic (exact) mass is 254 g/mol. The molecule has 0 N–H and O–H groups in total. The number of carbonyl (C=O) groups excluding carboxylic acids is 1. The van der Waals surface area contributed by atoms with E-state index in [0.29, 0.717) is 0 Å². The standard InChI is InChI=1S/C12H9F3N2O/c1-17-10(6-7-16-17)11(18)8-4-2-3-5-9(8)12(13,14)15/h2-7H,1H3. The summed E-state index contributed by atoms with van der Waals surface area (Å²) in [4.78, 5) is 12.0. The Morgan fingerprint density at radius 1 is 1.22 bits per heavy atom. The number of alkyl halides is 3. The maximum Gasteiger partial charge on any atom is 0.417 e. The maximum atomic E-state index is 12.8. The fourth-order valence-corrected chi connectivity index (χ4v) is 1.66. The van der Waals surface area contributed by atoms with Crippen LogP contribution in [0.15, 0.2) is 36.5 Å². The molecule has 0 spiro atoms. The predicted octanol–water partition coefficient (Wildman–Crippen LogP) is 2.67. The molecule has 0 saturated heterocycles. The smallest absolute Gasteiger partial charge is 0.287 e. The lowest BCUT2D eigenvalue weighted by Crippen LogP contribution is -2.15. The lowest BCUT2D eigenvalue weighted by molar-refractivity contribution is -0.137. The summed E-state index contributed by atoms with van der Waals surface area (Å²) in [5.41, 5.74) is -1.18. The van der Waals surface area contributed by atoms with E-state index in [2.05, 4.69) is 5.10 Å². The molecule has 6 heteroatoms. The highest BCUT2D eigenvalue weighted by atomic mass is 19.4. The Bertz CT molecular complexity index is 587. The molecule has 3 nitrogen and oxygen atoms in total. The molecular weight excluding hydrogens is 245 g/mol. The average molecular weight is 254 g/mol. The zero-order valence-electron chi connectivity index (χ0n) is 9.40. The van der Waals surface area contributed by atoms with Crippen molar-refractivity contribution < 1.29 is 18.0 Å². The molecule has 1 aromatic carbocycles. The third kappa shape index (κ3) is 2.13. The molecule has 0 amide bonds. The predicted molar refractivity (Wildman–Crippen MR) is 58.1 cm³/mol. The Morgan fingerprint density at radius 2 is 1.89 bits per heavy atom. The second-order valence-corrected chi connectivity index (χ2v) is 3.71. The number of nitrogens with zero attached hydrogens (tertiary/aromatic N) is 2. The van der Waals surface area contributed by atoms with Crippen LogP contribution in [0, 0.1) is 0 Å². The van der Waals surface area contributed by atoms with Gasteiger partial charge in [-0.3, -0.25) is 9.48 Å². The molecule has 1 heterocycles.